The number of aliphatic hydroxyl groups is 2. The second-order valence-corrected chi connectivity index (χ2v) is 6.81. The van der Waals surface area contributed by atoms with Gasteiger partial charge in [0.1, 0.15) is 18.0 Å². The van der Waals surface area contributed by atoms with Gasteiger partial charge in [-0.05, 0) is 24.3 Å². The zero-order chi connectivity index (χ0) is 18.7. The van der Waals surface area contributed by atoms with E-state index in [0.717, 1.165) is 18.8 Å². The van der Waals surface area contributed by atoms with Crippen LogP contribution in [0, 0.1) is 5.82 Å². The number of amides is 1. The van der Waals surface area contributed by atoms with Crippen LogP contribution in [0.1, 0.15) is 6.92 Å². The molecule has 2 saturated heterocycles. The fraction of sp³-hybridized carbons (Fsp3) is 0.611. The molecule has 7 nitrogen and oxygen atoms in total. The van der Waals surface area contributed by atoms with Crippen molar-refractivity contribution in [3.05, 3.63) is 30.1 Å². The third-order valence-corrected chi connectivity index (χ3v) is 5.12. The average Bonchev–Trinajstić information content (AvgIpc) is 2.96. The molecule has 1 aromatic rings. The van der Waals surface area contributed by atoms with Gasteiger partial charge in [0.25, 0.3) is 0 Å². The van der Waals surface area contributed by atoms with Crippen molar-refractivity contribution in [2.75, 3.05) is 44.2 Å². The number of anilines is 1. The average molecular weight is 367 g/mol. The van der Waals surface area contributed by atoms with Crippen LogP contribution in [0.3, 0.4) is 0 Å². The van der Waals surface area contributed by atoms with Gasteiger partial charge in [0, 0.05) is 45.3 Å². The van der Waals surface area contributed by atoms with Gasteiger partial charge in [-0.25, -0.2) is 4.39 Å². The minimum absolute atomic E-state index is 0.157. The lowest BCUT2D eigenvalue weighted by Crippen LogP contribution is -2.57. The van der Waals surface area contributed by atoms with Crippen LogP contribution in [0.2, 0.25) is 0 Å². The quantitative estimate of drug-likeness (QED) is 0.655. The van der Waals surface area contributed by atoms with Gasteiger partial charge in [0.05, 0.1) is 18.8 Å². The van der Waals surface area contributed by atoms with Crippen LogP contribution in [-0.2, 0) is 9.53 Å². The lowest BCUT2D eigenvalue weighted by atomic mass is 10.0. The molecule has 0 saturated carbocycles. The Bertz CT molecular complexity index is 607. The van der Waals surface area contributed by atoms with Gasteiger partial charge in [-0.3, -0.25) is 9.69 Å². The summed E-state index contributed by atoms with van der Waals surface area (Å²) in [5.41, 5.74) is 0.970. The molecule has 1 amide bonds. The third kappa shape index (κ3) is 4.15. The Labute approximate surface area is 152 Å². The molecule has 0 aromatic heterocycles. The highest BCUT2D eigenvalue weighted by atomic mass is 19.1. The van der Waals surface area contributed by atoms with Gasteiger partial charge in [-0.2, -0.15) is 0 Å². The Kier molecular flexibility index (Phi) is 6.08. The molecule has 3 N–H and O–H groups in total. The Morgan fingerprint density at radius 3 is 2.46 bits per heavy atom. The van der Waals surface area contributed by atoms with E-state index in [0.29, 0.717) is 19.6 Å². The first-order valence-electron chi connectivity index (χ1n) is 8.93. The highest BCUT2D eigenvalue weighted by Gasteiger charge is 2.46. The van der Waals surface area contributed by atoms with Crippen molar-refractivity contribution in [1.82, 2.24) is 10.2 Å². The Morgan fingerprint density at radius 1 is 1.23 bits per heavy atom. The normalized spacial score (nSPS) is 29.8. The number of piperazine rings is 1. The van der Waals surface area contributed by atoms with Crippen molar-refractivity contribution in [3.63, 3.8) is 0 Å². The number of ether oxygens (including phenoxy) is 1. The second-order valence-electron chi connectivity index (χ2n) is 6.81. The molecule has 0 radical (unpaired) electrons. The SMILES string of the molecule is CC(=O)NCC1OC(CO)C(O)C1N1CCN(c2ccc(F)cc2)CC1. The summed E-state index contributed by atoms with van der Waals surface area (Å²) < 4.78 is 18.8. The largest absolute Gasteiger partial charge is 0.394 e. The third-order valence-electron chi connectivity index (χ3n) is 5.12. The molecule has 4 atom stereocenters. The van der Waals surface area contributed by atoms with Gasteiger partial charge in [0.2, 0.25) is 5.91 Å². The number of aliphatic hydroxyl groups excluding tert-OH is 2. The van der Waals surface area contributed by atoms with Gasteiger partial charge < -0.3 is 25.2 Å². The molecule has 0 spiro atoms. The van der Waals surface area contributed by atoms with Crippen LogP contribution < -0.4 is 10.2 Å². The maximum Gasteiger partial charge on any atom is 0.216 e. The minimum Gasteiger partial charge on any atom is -0.394 e. The molecule has 0 bridgehead atoms. The number of nitrogens with one attached hydrogen (secondary N) is 1. The van der Waals surface area contributed by atoms with Crippen LogP contribution >= 0.6 is 0 Å². The predicted octanol–water partition coefficient (Wildman–Crippen LogP) is -0.427. The van der Waals surface area contributed by atoms with E-state index in [1.165, 1.54) is 19.1 Å². The topological polar surface area (TPSA) is 85.3 Å². The van der Waals surface area contributed by atoms with Gasteiger partial charge >= 0.3 is 0 Å². The maximum absolute atomic E-state index is 13.1. The van der Waals surface area contributed by atoms with Crippen LogP contribution in [-0.4, -0.2) is 84.7 Å². The van der Waals surface area contributed by atoms with Crippen molar-refractivity contribution in [2.45, 2.75) is 31.3 Å². The van der Waals surface area contributed by atoms with E-state index in [1.807, 2.05) is 0 Å². The van der Waals surface area contributed by atoms with Crippen molar-refractivity contribution in [2.24, 2.45) is 0 Å². The van der Waals surface area contributed by atoms with E-state index in [2.05, 4.69) is 15.1 Å². The van der Waals surface area contributed by atoms with E-state index < -0.39 is 12.2 Å². The first kappa shape index (κ1) is 19.0. The minimum atomic E-state index is -0.809. The second kappa shape index (κ2) is 8.30. The molecule has 3 rings (SSSR count). The van der Waals surface area contributed by atoms with E-state index in [1.54, 1.807) is 12.1 Å². The molecule has 26 heavy (non-hydrogen) atoms. The fourth-order valence-electron chi connectivity index (χ4n) is 3.77. The number of carbonyl (C=O) groups is 1. The summed E-state index contributed by atoms with van der Waals surface area (Å²) in [7, 11) is 0. The monoisotopic (exact) mass is 367 g/mol. The van der Waals surface area contributed by atoms with Crippen LogP contribution in [0.15, 0.2) is 24.3 Å². The van der Waals surface area contributed by atoms with Crippen LogP contribution in [0.5, 0.6) is 0 Å². The van der Waals surface area contributed by atoms with Crippen molar-refractivity contribution in [3.8, 4) is 0 Å². The van der Waals surface area contributed by atoms with E-state index in [9.17, 15) is 19.4 Å². The smallest absolute Gasteiger partial charge is 0.216 e. The number of benzene rings is 1. The van der Waals surface area contributed by atoms with E-state index in [4.69, 9.17) is 4.74 Å². The summed E-state index contributed by atoms with van der Waals surface area (Å²) in [6.07, 6.45) is -1.83. The summed E-state index contributed by atoms with van der Waals surface area (Å²) >= 11 is 0. The van der Waals surface area contributed by atoms with Gasteiger partial charge in [-0.1, -0.05) is 0 Å². The van der Waals surface area contributed by atoms with Crippen molar-refractivity contribution >= 4 is 11.6 Å². The summed E-state index contributed by atoms with van der Waals surface area (Å²) in [5.74, 6) is -0.412. The zero-order valence-electron chi connectivity index (χ0n) is 14.8. The molecular formula is C18H26FN3O4. The molecule has 144 valence electrons. The maximum atomic E-state index is 13.1. The summed E-state index contributed by atoms with van der Waals surface area (Å²) in [6.45, 7) is 4.37. The lowest BCUT2D eigenvalue weighted by molar-refractivity contribution is -0.119. The first-order chi connectivity index (χ1) is 12.5. The number of hydrogen-bond donors (Lipinski definition) is 3. The highest BCUT2D eigenvalue weighted by molar-refractivity contribution is 5.72. The van der Waals surface area contributed by atoms with Crippen LogP contribution in [0.4, 0.5) is 10.1 Å². The summed E-state index contributed by atoms with van der Waals surface area (Å²) in [6, 6.07) is 6.14. The highest BCUT2D eigenvalue weighted by Crippen LogP contribution is 2.27. The number of halogens is 1. The predicted molar refractivity (Wildman–Crippen MR) is 94.4 cm³/mol. The summed E-state index contributed by atoms with van der Waals surface area (Å²) in [4.78, 5) is 15.5. The number of rotatable bonds is 5. The van der Waals surface area contributed by atoms with Gasteiger partial charge in [-0.15, -0.1) is 0 Å². The lowest BCUT2D eigenvalue weighted by Gasteiger charge is -2.41. The Morgan fingerprint density at radius 2 is 1.88 bits per heavy atom. The molecular weight excluding hydrogens is 341 g/mol. The summed E-state index contributed by atoms with van der Waals surface area (Å²) in [5, 5.41) is 22.7. The Balaban J connectivity index is 1.63. The number of carbonyl (C=O) groups excluding carboxylic acids is 1. The van der Waals surface area contributed by atoms with Crippen molar-refractivity contribution in [1.29, 1.82) is 0 Å². The molecule has 2 aliphatic rings. The first-order valence-corrected chi connectivity index (χ1v) is 8.93. The zero-order valence-corrected chi connectivity index (χ0v) is 14.8. The fourth-order valence-corrected chi connectivity index (χ4v) is 3.77. The number of hydrogen-bond acceptors (Lipinski definition) is 6. The van der Waals surface area contributed by atoms with Gasteiger partial charge in [0.15, 0.2) is 0 Å². The van der Waals surface area contributed by atoms with Crippen molar-refractivity contribution < 1.29 is 24.1 Å². The molecule has 4 unspecified atom stereocenters. The molecule has 0 aliphatic carbocycles. The van der Waals surface area contributed by atoms with E-state index >= 15 is 0 Å². The molecule has 2 fully saturated rings. The van der Waals surface area contributed by atoms with Crippen LogP contribution in [0.25, 0.3) is 0 Å². The molecule has 8 heteroatoms. The molecule has 2 aliphatic heterocycles. The van der Waals surface area contributed by atoms with E-state index in [-0.39, 0.29) is 30.5 Å². The standard InChI is InChI=1S/C18H26FN3O4/c1-12(24)20-10-15-17(18(25)16(11-23)26-15)22-8-6-21(7-9-22)14-4-2-13(19)3-5-14/h2-5,15-18,23,25H,6-11H2,1H3,(H,20,24). The Hall–Kier alpha value is -1.74. The molecule has 1 aromatic carbocycles. The molecule has 2 heterocycles. The number of nitrogens with zero attached hydrogens (tertiary/aromatic N) is 2.